The molecule has 22 heavy (non-hydrogen) atoms. The molecule has 1 atom stereocenters. The van der Waals surface area contributed by atoms with Crippen LogP contribution in [-0.4, -0.2) is 25.5 Å². The van der Waals surface area contributed by atoms with Gasteiger partial charge in [0.25, 0.3) is 0 Å². The van der Waals surface area contributed by atoms with E-state index in [0.29, 0.717) is 37.6 Å². The van der Waals surface area contributed by atoms with Gasteiger partial charge in [0.2, 0.25) is 0 Å². The van der Waals surface area contributed by atoms with Gasteiger partial charge in [0, 0.05) is 5.54 Å². The molecule has 0 saturated heterocycles. The number of alkyl halides is 3. The number of halogens is 3. The van der Waals surface area contributed by atoms with Gasteiger partial charge in [0.15, 0.2) is 0 Å². The molecule has 0 fully saturated rings. The molecule has 0 saturated carbocycles. The van der Waals surface area contributed by atoms with E-state index in [-0.39, 0.29) is 0 Å². The predicted octanol–water partition coefficient (Wildman–Crippen LogP) is 2.35. The molecule has 0 bridgehead atoms. The van der Waals surface area contributed by atoms with Crippen LogP contribution in [0.1, 0.15) is 30.4 Å². The first-order valence-corrected chi connectivity index (χ1v) is 7.13. The van der Waals surface area contributed by atoms with Crippen LogP contribution in [0.25, 0.3) is 0 Å². The Morgan fingerprint density at radius 3 is 2.55 bits per heavy atom. The Labute approximate surface area is 129 Å². The Balaban J connectivity index is 2.23. The Bertz CT molecular complexity index is 585. The molecule has 1 unspecified atom stereocenters. The van der Waals surface area contributed by atoms with Crippen LogP contribution >= 0.6 is 0 Å². The largest absolute Gasteiger partial charge is 0.471 e. The third-order valence-electron chi connectivity index (χ3n) is 4.15. The first-order valence-electron chi connectivity index (χ1n) is 7.13. The van der Waals surface area contributed by atoms with Crippen molar-refractivity contribution in [1.29, 1.82) is 0 Å². The van der Waals surface area contributed by atoms with Crippen molar-refractivity contribution >= 4 is 19.2 Å². The second-order valence-corrected chi connectivity index (χ2v) is 5.75. The van der Waals surface area contributed by atoms with Gasteiger partial charge < -0.3 is 5.32 Å². The molecule has 0 aromatic heterocycles. The van der Waals surface area contributed by atoms with Gasteiger partial charge in [0.05, 0.1) is 0 Å². The summed E-state index contributed by atoms with van der Waals surface area (Å²) >= 11 is 0. The van der Waals surface area contributed by atoms with E-state index >= 15 is 0 Å². The molecule has 2 rings (SSSR count). The molecule has 116 valence electrons. The molecule has 1 aliphatic rings. The lowest BCUT2D eigenvalue weighted by atomic mass is 9.86. The fourth-order valence-corrected chi connectivity index (χ4v) is 2.96. The van der Waals surface area contributed by atoms with Gasteiger partial charge in [-0.25, -0.2) is 0 Å². The molecule has 1 aromatic carbocycles. The Kier molecular flexibility index (Phi) is 4.68. The van der Waals surface area contributed by atoms with E-state index in [9.17, 15) is 18.0 Å². The summed E-state index contributed by atoms with van der Waals surface area (Å²) in [5.74, 6) is -1.89. The van der Waals surface area contributed by atoms with Crippen LogP contribution in [0.15, 0.2) is 30.9 Å². The van der Waals surface area contributed by atoms with Crippen LogP contribution in [-0.2, 0) is 17.6 Å². The number of nitrogens with one attached hydrogen (secondary N) is 1. The lowest BCUT2D eigenvalue weighted by Crippen LogP contribution is -2.52. The summed E-state index contributed by atoms with van der Waals surface area (Å²) in [5, 5.41) is 2.20. The molecule has 2 nitrogen and oxygen atoms in total. The summed E-state index contributed by atoms with van der Waals surface area (Å²) in [7, 11) is 5.76. The Morgan fingerprint density at radius 1 is 1.32 bits per heavy atom. The maximum atomic E-state index is 12.6. The van der Waals surface area contributed by atoms with Crippen molar-refractivity contribution in [3.8, 4) is 0 Å². The van der Waals surface area contributed by atoms with E-state index in [1.54, 1.807) is 12.1 Å². The van der Waals surface area contributed by atoms with Gasteiger partial charge in [0.1, 0.15) is 7.85 Å². The molecule has 1 aliphatic carbocycles. The van der Waals surface area contributed by atoms with E-state index in [2.05, 4.69) is 11.9 Å². The highest BCUT2D eigenvalue weighted by Crippen LogP contribution is 2.31. The molecule has 1 N–H and O–H groups in total. The number of aryl methyl sites for hydroxylation is 2. The normalized spacial score (nSPS) is 21.6. The number of rotatable bonds is 3. The second kappa shape index (κ2) is 6.19. The average molecular weight is 307 g/mol. The fraction of sp³-hybridized carbons (Fsp3) is 0.438. The summed E-state index contributed by atoms with van der Waals surface area (Å²) in [6.07, 6.45) is -0.972. The van der Waals surface area contributed by atoms with Crippen molar-refractivity contribution in [2.24, 2.45) is 0 Å². The number of hydrogen-bond acceptors (Lipinski definition) is 1. The van der Waals surface area contributed by atoms with Gasteiger partial charge in [-0.1, -0.05) is 29.7 Å². The molecule has 2 radical (unpaired) electrons. The van der Waals surface area contributed by atoms with Crippen molar-refractivity contribution in [1.82, 2.24) is 5.32 Å². The fourth-order valence-electron chi connectivity index (χ4n) is 2.96. The number of fused-ring (bicyclic) bond motifs is 1. The molecular weight excluding hydrogens is 290 g/mol. The highest BCUT2D eigenvalue weighted by molar-refractivity contribution is 6.32. The minimum atomic E-state index is -4.88. The Hall–Kier alpha value is -1.72. The molecule has 1 amide bonds. The van der Waals surface area contributed by atoms with E-state index < -0.39 is 17.6 Å². The van der Waals surface area contributed by atoms with Crippen LogP contribution < -0.4 is 10.8 Å². The van der Waals surface area contributed by atoms with Crippen molar-refractivity contribution in [3.63, 3.8) is 0 Å². The van der Waals surface area contributed by atoms with E-state index in [1.165, 1.54) is 0 Å². The van der Waals surface area contributed by atoms with Crippen molar-refractivity contribution < 1.29 is 18.0 Å². The van der Waals surface area contributed by atoms with Crippen molar-refractivity contribution in [3.05, 3.63) is 42.0 Å². The molecule has 0 heterocycles. The highest BCUT2D eigenvalue weighted by atomic mass is 19.4. The number of benzene rings is 1. The maximum absolute atomic E-state index is 12.6. The van der Waals surface area contributed by atoms with Gasteiger partial charge in [-0.3, -0.25) is 4.79 Å². The van der Waals surface area contributed by atoms with Crippen LogP contribution in [0.3, 0.4) is 0 Å². The average Bonchev–Trinajstić information content (AvgIpc) is 2.59. The van der Waals surface area contributed by atoms with Crippen LogP contribution in [0.5, 0.6) is 0 Å². The number of carbonyl (C=O) groups is 1. The zero-order valence-corrected chi connectivity index (χ0v) is 12.2. The maximum Gasteiger partial charge on any atom is 0.471 e. The third kappa shape index (κ3) is 3.73. The van der Waals surface area contributed by atoms with Gasteiger partial charge in [-0.15, -0.1) is 6.58 Å². The number of amides is 1. The summed E-state index contributed by atoms with van der Waals surface area (Å²) in [6.45, 7) is 3.61. The Morgan fingerprint density at radius 2 is 1.95 bits per heavy atom. The summed E-state index contributed by atoms with van der Waals surface area (Å²) in [6, 6.07) is 5.54. The number of hydrogen-bond donors (Lipinski definition) is 1. The lowest BCUT2D eigenvalue weighted by Gasteiger charge is -2.33. The van der Waals surface area contributed by atoms with E-state index in [0.717, 1.165) is 11.1 Å². The predicted molar refractivity (Wildman–Crippen MR) is 80.2 cm³/mol. The quantitative estimate of drug-likeness (QED) is 0.518. The lowest BCUT2D eigenvalue weighted by molar-refractivity contribution is -0.175. The summed E-state index contributed by atoms with van der Waals surface area (Å²) < 4.78 is 37.7. The molecular formula is C16H17BF3NO. The zero-order chi connectivity index (χ0) is 16.4. The zero-order valence-electron chi connectivity index (χ0n) is 12.2. The third-order valence-corrected chi connectivity index (χ3v) is 4.15. The minimum absolute atomic E-state index is 0.304. The monoisotopic (exact) mass is 307 g/mol. The van der Waals surface area contributed by atoms with Gasteiger partial charge in [-0.2, -0.15) is 13.2 Å². The summed E-state index contributed by atoms with van der Waals surface area (Å²) in [4.78, 5) is 11.4. The second-order valence-electron chi connectivity index (χ2n) is 5.75. The summed E-state index contributed by atoms with van der Waals surface area (Å²) in [5.41, 5.74) is 1.82. The standard InChI is InChI=1S/C16H17BF3NO/c1-2-7-15(21-14(22)16(18,19)20)8-5-11-3-4-13(17)10-12(11)6-9-15/h2-4,10H,1,5-9H2,(H,21,22). The molecule has 0 aliphatic heterocycles. The topological polar surface area (TPSA) is 29.1 Å². The highest BCUT2D eigenvalue weighted by Gasteiger charge is 2.43. The van der Waals surface area contributed by atoms with Crippen LogP contribution in [0.4, 0.5) is 13.2 Å². The number of carbonyl (C=O) groups excluding carboxylic acids is 1. The van der Waals surface area contributed by atoms with Crippen molar-refractivity contribution in [2.75, 3.05) is 0 Å². The van der Waals surface area contributed by atoms with E-state index in [1.807, 2.05) is 12.1 Å². The van der Waals surface area contributed by atoms with Crippen LogP contribution in [0, 0.1) is 0 Å². The van der Waals surface area contributed by atoms with Crippen LogP contribution in [0.2, 0.25) is 0 Å². The van der Waals surface area contributed by atoms with Gasteiger partial charge in [-0.05, 0) is 43.2 Å². The molecule has 6 heteroatoms. The van der Waals surface area contributed by atoms with Crippen molar-refractivity contribution in [2.45, 2.75) is 43.8 Å². The first-order chi connectivity index (χ1) is 10.3. The smallest absolute Gasteiger partial charge is 0.343 e. The van der Waals surface area contributed by atoms with E-state index in [4.69, 9.17) is 7.85 Å². The molecule has 0 spiro atoms. The minimum Gasteiger partial charge on any atom is -0.343 e. The first kappa shape index (κ1) is 16.7. The SMILES string of the molecule is [B]c1ccc2c(c1)CCC(CC=C)(NC(=O)C(F)(F)F)CC2. The molecule has 1 aromatic rings. The van der Waals surface area contributed by atoms with Gasteiger partial charge >= 0.3 is 12.1 Å².